The fourth-order valence-corrected chi connectivity index (χ4v) is 2.31. The van der Waals surface area contributed by atoms with Crippen LogP contribution in [0.2, 0.25) is 6.32 Å². The molecule has 0 aliphatic heterocycles. The fraction of sp³-hybridized carbons (Fsp3) is 0.312. The highest BCUT2D eigenvalue weighted by atomic mass is 16.1. The van der Waals surface area contributed by atoms with Crippen LogP contribution in [0, 0.1) is 0 Å². The van der Waals surface area contributed by atoms with Crippen LogP contribution in [-0.2, 0) is 0 Å². The monoisotopic (exact) mass is 246 g/mol. The Morgan fingerprint density at radius 3 is 2.42 bits per heavy atom. The Morgan fingerprint density at radius 2 is 1.68 bits per heavy atom. The fourth-order valence-electron chi connectivity index (χ4n) is 2.31. The SMILES string of the molecule is [B]CCCCCC(=O)c1ccc([B])c2ccccc12. The van der Waals surface area contributed by atoms with Gasteiger partial charge in [0.05, 0.1) is 7.85 Å². The van der Waals surface area contributed by atoms with Gasteiger partial charge in [-0.3, -0.25) is 4.79 Å². The molecule has 0 saturated carbocycles. The van der Waals surface area contributed by atoms with Gasteiger partial charge in [0.25, 0.3) is 0 Å². The first-order valence-electron chi connectivity index (χ1n) is 6.74. The van der Waals surface area contributed by atoms with E-state index >= 15 is 0 Å². The molecule has 0 spiro atoms. The van der Waals surface area contributed by atoms with Gasteiger partial charge in [-0.2, -0.15) is 0 Å². The van der Waals surface area contributed by atoms with E-state index in [0.717, 1.165) is 41.1 Å². The zero-order valence-corrected chi connectivity index (χ0v) is 11.1. The van der Waals surface area contributed by atoms with Crippen molar-refractivity contribution in [3.05, 3.63) is 42.0 Å². The highest BCUT2D eigenvalue weighted by Crippen LogP contribution is 2.19. The molecule has 2 rings (SSSR count). The van der Waals surface area contributed by atoms with Crippen LogP contribution in [0.4, 0.5) is 0 Å². The average Bonchev–Trinajstić information content (AvgIpc) is 2.44. The second-order valence-corrected chi connectivity index (χ2v) is 4.77. The van der Waals surface area contributed by atoms with Crippen molar-refractivity contribution in [2.45, 2.75) is 32.0 Å². The summed E-state index contributed by atoms with van der Waals surface area (Å²) in [6.07, 6.45) is 4.16. The molecule has 0 saturated heterocycles. The van der Waals surface area contributed by atoms with Gasteiger partial charge in [-0.1, -0.05) is 61.0 Å². The molecule has 3 heteroatoms. The van der Waals surface area contributed by atoms with Gasteiger partial charge in [0, 0.05) is 12.0 Å². The summed E-state index contributed by atoms with van der Waals surface area (Å²) in [5, 5.41) is 1.90. The average molecular weight is 246 g/mol. The molecule has 2 aromatic rings. The Bertz CT molecular complexity index is 578. The molecule has 1 nitrogen and oxygen atoms in total. The molecular formula is C16H16B2O. The Hall–Kier alpha value is -1.50. The number of rotatable bonds is 6. The molecule has 0 unspecified atom stereocenters. The summed E-state index contributed by atoms with van der Waals surface area (Å²) < 4.78 is 0. The second-order valence-electron chi connectivity index (χ2n) is 4.77. The van der Waals surface area contributed by atoms with E-state index in [9.17, 15) is 4.79 Å². The summed E-state index contributed by atoms with van der Waals surface area (Å²) in [7, 11) is 11.4. The molecule has 0 bridgehead atoms. The van der Waals surface area contributed by atoms with Gasteiger partial charge < -0.3 is 0 Å². The molecular weight excluding hydrogens is 230 g/mol. The van der Waals surface area contributed by atoms with E-state index in [1.165, 1.54) is 0 Å². The molecule has 0 aromatic heterocycles. The summed E-state index contributed by atoms with van der Waals surface area (Å²) in [6, 6.07) is 11.4. The Labute approximate surface area is 117 Å². The Balaban J connectivity index is 2.20. The van der Waals surface area contributed by atoms with Crippen molar-refractivity contribution in [2.24, 2.45) is 0 Å². The highest BCUT2D eigenvalue weighted by Gasteiger charge is 2.10. The normalized spacial score (nSPS) is 10.7. The van der Waals surface area contributed by atoms with Crippen molar-refractivity contribution in [3.8, 4) is 0 Å². The van der Waals surface area contributed by atoms with Crippen LogP contribution >= 0.6 is 0 Å². The summed E-state index contributed by atoms with van der Waals surface area (Å²) in [4.78, 5) is 12.3. The molecule has 0 aliphatic carbocycles. The molecule has 0 atom stereocenters. The van der Waals surface area contributed by atoms with Crippen molar-refractivity contribution >= 4 is 37.7 Å². The van der Waals surface area contributed by atoms with Crippen LogP contribution in [0.1, 0.15) is 36.0 Å². The maximum Gasteiger partial charge on any atom is 0.163 e. The quantitative estimate of drug-likeness (QED) is 0.435. The molecule has 2 aromatic carbocycles. The van der Waals surface area contributed by atoms with Gasteiger partial charge in [0.1, 0.15) is 7.85 Å². The number of hydrogen-bond donors (Lipinski definition) is 0. The predicted octanol–water partition coefficient (Wildman–Crippen LogP) is 2.96. The summed E-state index contributed by atoms with van der Waals surface area (Å²) in [5.41, 5.74) is 1.49. The van der Waals surface area contributed by atoms with E-state index < -0.39 is 0 Å². The highest BCUT2D eigenvalue weighted by molar-refractivity contribution is 6.39. The number of hydrogen-bond acceptors (Lipinski definition) is 1. The number of carbonyl (C=O) groups excluding carboxylic acids is 1. The van der Waals surface area contributed by atoms with E-state index in [4.69, 9.17) is 15.7 Å². The van der Waals surface area contributed by atoms with Gasteiger partial charge in [-0.15, -0.1) is 0 Å². The maximum atomic E-state index is 12.3. The minimum Gasteiger partial charge on any atom is -0.294 e. The second kappa shape index (κ2) is 6.60. The third-order valence-electron chi connectivity index (χ3n) is 3.37. The van der Waals surface area contributed by atoms with Crippen LogP contribution in [-0.4, -0.2) is 21.5 Å². The van der Waals surface area contributed by atoms with Crippen molar-refractivity contribution < 1.29 is 4.79 Å². The predicted molar refractivity (Wildman–Crippen MR) is 82.7 cm³/mol. The summed E-state index contributed by atoms with van der Waals surface area (Å²) in [5.74, 6) is 0.188. The van der Waals surface area contributed by atoms with Gasteiger partial charge in [-0.05, 0) is 17.2 Å². The smallest absolute Gasteiger partial charge is 0.163 e. The first-order chi connectivity index (χ1) is 9.24. The maximum absolute atomic E-state index is 12.3. The summed E-state index contributed by atoms with van der Waals surface area (Å²) in [6.45, 7) is 0. The van der Waals surface area contributed by atoms with Gasteiger partial charge in [0.2, 0.25) is 0 Å². The van der Waals surface area contributed by atoms with Gasteiger partial charge in [0.15, 0.2) is 5.78 Å². The van der Waals surface area contributed by atoms with Crippen molar-refractivity contribution in [1.29, 1.82) is 0 Å². The lowest BCUT2D eigenvalue weighted by atomic mass is 9.86. The van der Waals surface area contributed by atoms with E-state index in [1.54, 1.807) is 0 Å². The molecule has 19 heavy (non-hydrogen) atoms. The van der Waals surface area contributed by atoms with E-state index in [-0.39, 0.29) is 5.78 Å². The molecule has 0 heterocycles. The van der Waals surface area contributed by atoms with Crippen molar-refractivity contribution in [1.82, 2.24) is 0 Å². The van der Waals surface area contributed by atoms with E-state index in [0.29, 0.717) is 12.7 Å². The van der Waals surface area contributed by atoms with Crippen LogP contribution in [0.25, 0.3) is 10.8 Å². The summed E-state index contributed by atoms with van der Waals surface area (Å²) >= 11 is 0. The minimum absolute atomic E-state index is 0.188. The van der Waals surface area contributed by atoms with Crippen molar-refractivity contribution in [2.75, 3.05) is 0 Å². The van der Waals surface area contributed by atoms with Gasteiger partial charge in [-0.25, -0.2) is 0 Å². The number of carbonyl (C=O) groups is 1. The number of fused-ring (bicyclic) bond motifs is 1. The van der Waals surface area contributed by atoms with Crippen LogP contribution in [0.15, 0.2) is 36.4 Å². The third-order valence-corrected chi connectivity index (χ3v) is 3.37. The number of Topliss-reactive ketones (excluding diaryl/α,β-unsaturated/α-hetero) is 1. The molecule has 4 radical (unpaired) electrons. The van der Waals surface area contributed by atoms with Crippen LogP contribution < -0.4 is 5.46 Å². The number of ketones is 1. The van der Waals surface area contributed by atoms with Crippen molar-refractivity contribution in [3.63, 3.8) is 0 Å². The lowest BCUT2D eigenvalue weighted by Gasteiger charge is -2.08. The Morgan fingerprint density at radius 1 is 0.947 bits per heavy atom. The zero-order valence-electron chi connectivity index (χ0n) is 11.1. The lowest BCUT2D eigenvalue weighted by molar-refractivity contribution is 0.0981. The molecule has 0 amide bonds. The molecule has 92 valence electrons. The van der Waals surface area contributed by atoms with Crippen LogP contribution in [0.5, 0.6) is 0 Å². The first kappa shape index (κ1) is 13.9. The number of unbranched alkanes of at least 4 members (excludes halogenated alkanes) is 2. The van der Waals surface area contributed by atoms with E-state index in [2.05, 4.69) is 0 Å². The van der Waals surface area contributed by atoms with Crippen LogP contribution in [0.3, 0.4) is 0 Å². The molecule has 0 N–H and O–H groups in total. The largest absolute Gasteiger partial charge is 0.294 e. The standard InChI is InChI=1S/C16H16B2O/c17-11-5-1-2-8-16(19)14-9-10-15(18)13-7-4-3-6-12(13)14/h3-4,6-7,9-10H,1-2,5,8,11H2. The molecule has 0 aliphatic rings. The lowest BCUT2D eigenvalue weighted by Crippen LogP contribution is -2.08. The topological polar surface area (TPSA) is 17.1 Å². The van der Waals surface area contributed by atoms with Gasteiger partial charge >= 0.3 is 0 Å². The third kappa shape index (κ3) is 3.28. The number of benzene rings is 2. The Kier molecular flexibility index (Phi) is 4.84. The first-order valence-corrected chi connectivity index (χ1v) is 6.74. The zero-order chi connectivity index (χ0) is 13.7. The minimum atomic E-state index is 0.188. The molecule has 0 fully saturated rings. The van der Waals surface area contributed by atoms with E-state index in [1.807, 2.05) is 36.4 Å².